The summed E-state index contributed by atoms with van der Waals surface area (Å²) in [6.45, 7) is 4.87. The van der Waals surface area contributed by atoms with E-state index in [9.17, 15) is 4.79 Å². The molecule has 0 radical (unpaired) electrons. The van der Waals surface area contributed by atoms with Crippen molar-refractivity contribution in [3.63, 3.8) is 0 Å². The third kappa shape index (κ3) is 5.78. The molecule has 0 heterocycles. The average molecular weight is 348 g/mol. The second-order valence-corrected chi connectivity index (χ2v) is 5.37. The summed E-state index contributed by atoms with van der Waals surface area (Å²) in [4.78, 5) is 11.0. The van der Waals surface area contributed by atoms with Crippen molar-refractivity contribution in [3.05, 3.63) is 95.6 Å². The van der Waals surface area contributed by atoms with Gasteiger partial charge in [0.25, 0.3) is 0 Å². The molecule has 26 heavy (non-hydrogen) atoms. The van der Waals surface area contributed by atoms with E-state index in [0.29, 0.717) is 30.3 Å². The van der Waals surface area contributed by atoms with Gasteiger partial charge in [0.05, 0.1) is 0 Å². The molecule has 3 nitrogen and oxygen atoms in total. The number of carbonyl (C=O) groups excluding carboxylic acids is 1. The van der Waals surface area contributed by atoms with Crippen molar-refractivity contribution < 1.29 is 14.3 Å². The van der Waals surface area contributed by atoms with Gasteiger partial charge in [-0.25, -0.2) is 0 Å². The molecule has 0 saturated heterocycles. The molecule has 3 aromatic carbocycles. The second-order valence-electron chi connectivity index (χ2n) is 5.37. The number of rotatable bonds is 7. The number of ether oxygens (including phenoxy) is 2. The van der Waals surface area contributed by atoms with Crippen LogP contribution in [0.25, 0.3) is 0 Å². The zero-order chi connectivity index (χ0) is 18.6. The highest BCUT2D eigenvalue weighted by Gasteiger charge is 2.08. The lowest BCUT2D eigenvalue weighted by molar-refractivity contribution is 0.112. The Morgan fingerprint density at radius 2 is 1.19 bits per heavy atom. The molecule has 3 heteroatoms. The van der Waals surface area contributed by atoms with Crippen molar-refractivity contribution in [3.8, 4) is 11.5 Å². The highest BCUT2D eigenvalue weighted by Crippen LogP contribution is 2.29. The van der Waals surface area contributed by atoms with Crippen molar-refractivity contribution in [2.75, 3.05) is 0 Å². The smallest absolute Gasteiger partial charge is 0.162 e. The normalized spacial score (nSPS) is 9.62. The fourth-order valence-corrected chi connectivity index (χ4v) is 2.30. The van der Waals surface area contributed by atoms with Crippen LogP contribution in [-0.4, -0.2) is 6.29 Å². The first-order valence-corrected chi connectivity index (χ1v) is 8.78. The lowest BCUT2D eigenvalue weighted by atomic mass is 10.2. The summed E-state index contributed by atoms with van der Waals surface area (Å²) < 4.78 is 11.7. The highest BCUT2D eigenvalue weighted by atomic mass is 16.5. The van der Waals surface area contributed by atoms with E-state index in [1.165, 1.54) is 0 Å². The Balaban J connectivity index is 0.00000117. The van der Waals surface area contributed by atoms with Gasteiger partial charge < -0.3 is 9.47 Å². The maximum absolute atomic E-state index is 11.0. The number of hydrogen-bond donors (Lipinski definition) is 0. The molecule has 0 aromatic heterocycles. The minimum Gasteiger partial charge on any atom is -0.485 e. The quantitative estimate of drug-likeness (QED) is 0.515. The zero-order valence-electron chi connectivity index (χ0n) is 15.2. The minimum absolute atomic E-state index is 0.421. The standard InChI is InChI=1S/C21H18O3.C2H6/c22-14-19-11-12-20(23-15-17-7-3-1-4-8-17)21(13-19)24-16-18-9-5-2-6-10-18;1-2/h1-14H,15-16H2;1-2H3. The molecule has 0 saturated carbocycles. The van der Waals surface area contributed by atoms with Crippen molar-refractivity contribution in [2.24, 2.45) is 0 Å². The topological polar surface area (TPSA) is 35.5 Å². The van der Waals surface area contributed by atoms with Crippen LogP contribution in [0.5, 0.6) is 11.5 Å². The summed E-state index contributed by atoms with van der Waals surface area (Å²) in [6, 6.07) is 25.0. The molecule has 0 unspecified atom stereocenters. The average Bonchev–Trinajstić information content (AvgIpc) is 2.74. The van der Waals surface area contributed by atoms with Crippen molar-refractivity contribution in [2.45, 2.75) is 27.1 Å². The monoisotopic (exact) mass is 348 g/mol. The van der Waals surface area contributed by atoms with Gasteiger partial charge in [0, 0.05) is 5.56 Å². The van der Waals surface area contributed by atoms with Crippen LogP contribution in [0.3, 0.4) is 0 Å². The van der Waals surface area contributed by atoms with E-state index in [1.54, 1.807) is 18.2 Å². The van der Waals surface area contributed by atoms with Crippen LogP contribution in [0.1, 0.15) is 35.3 Å². The fraction of sp³-hybridized carbons (Fsp3) is 0.174. The first-order valence-electron chi connectivity index (χ1n) is 8.78. The Hall–Kier alpha value is -3.07. The largest absolute Gasteiger partial charge is 0.485 e. The van der Waals surface area contributed by atoms with E-state index >= 15 is 0 Å². The van der Waals surface area contributed by atoms with Gasteiger partial charge in [-0.1, -0.05) is 74.5 Å². The van der Waals surface area contributed by atoms with Gasteiger partial charge >= 0.3 is 0 Å². The van der Waals surface area contributed by atoms with Gasteiger partial charge in [-0.05, 0) is 29.3 Å². The third-order valence-electron chi connectivity index (χ3n) is 3.58. The molecule has 134 valence electrons. The van der Waals surface area contributed by atoms with E-state index < -0.39 is 0 Å². The molecule has 0 aliphatic rings. The van der Waals surface area contributed by atoms with Gasteiger partial charge in [0.2, 0.25) is 0 Å². The van der Waals surface area contributed by atoms with Crippen LogP contribution in [0.2, 0.25) is 0 Å². The number of benzene rings is 3. The van der Waals surface area contributed by atoms with Crippen molar-refractivity contribution in [1.82, 2.24) is 0 Å². The Kier molecular flexibility index (Phi) is 7.94. The van der Waals surface area contributed by atoms with Crippen molar-refractivity contribution in [1.29, 1.82) is 0 Å². The molecule has 0 bridgehead atoms. The maximum atomic E-state index is 11.0. The molecule has 0 N–H and O–H groups in total. The maximum Gasteiger partial charge on any atom is 0.162 e. The molecule has 0 amide bonds. The van der Waals surface area contributed by atoms with Gasteiger partial charge in [0.1, 0.15) is 19.5 Å². The number of carbonyl (C=O) groups is 1. The van der Waals surface area contributed by atoms with E-state index in [4.69, 9.17) is 9.47 Å². The predicted octanol–water partition coefficient (Wildman–Crippen LogP) is 5.68. The van der Waals surface area contributed by atoms with Crippen molar-refractivity contribution >= 4 is 6.29 Å². The van der Waals surface area contributed by atoms with E-state index in [1.807, 2.05) is 74.5 Å². The molecule has 0 atom stereocenters. The molecule has 0 fully saturated rings. The highest BCUT2D eigenvalue weighted by molar-refractivity contribution is 5.76. The third-order valence-corrected chi connectivity index (χ3v) is 3.58. The van der Waals surface area contributed by atoms with E-state index in [2.05, 4.69) is 0 Å². The number of aldehydes is 1. The number of hydrogen-bond acceptors (Lipinski definition) is 3. The van der Waals surface area contributed by atoms with Gasteiger partial charge in [0.15, 0.2) is 11.5 Å². The predicted molar refractivity (Wildman–Crippen MR) is 105 cm³/mol. The summed E-state index contributed by atoms with van der Waals surface area (Å²) in [6.07, 6.45) is 0.802. The fourth-order valence-electron chi connectivity index (χ4n) is 2.30. The summed E-state index contributed by atoms with van der Waals surface area (Å²) in [5.41, 5.74) is 2.69. The molecule has 0 spiro atoms. The Morgan fingerprint density at radius 3 is 1.69 bits per heavy atom. The van der Waals surface area contributed by atoms with Crippen LogP contribution in [0, 0.1) is 0 Å². The summed E-state index contributed by atoms with van der Waals surface area (Å²) in [7, 11) is 0. The lowest BCUT2D eigenvalue weighted by Crippen LogP contribution is -2.01. The van der Waals surface area contributed by atoms with Gasteiger partial charge in [-0.3, -0.25) is 4.79 Å². The Bertz CT molecular complexity index is 783. The van der Waals surface area contributed by atoms with Crippen LogP contribution in [-0.2, 0) is 13.2 Å². The van der Waals surface area contributed by atoms with Crippen LogP contribution < -0.4 is 9.47 Å². The Labute approximate surface area is 155 Å². The molecule has 0 aliphatic carbocycles. The second kappa shape index (κ2) is 10.7. The molecule has 3 rings (SSSR count). The SMILES string of the molecule is CC.O=Cc1ccc(OCc2ccccc2)c(OCc2ccccc2)c1. The Morgan fingerprint density at radius 1 is 0.692 bits per heavy atom. The van der Waals surface area contributed by atoms with Crippen LogP contribution in [0.15, 0.2) is 78.9 Å². The first kappa shape index (κ1) is 19.3. The zero-order valence-corrected chi connectivity index (χ0v) is 15.2. The minimum atomic E-state index is 0.421. The lowest BCUT2D eigenvalue weighted by Gasteiger charge is -2.13. The molecule has 3 aromatic rings. The molecule has 0 aliphatic heterocycles. The summed E-state index contributed by atoms with van der Waals surface area (Å²) >= 11 is 0. The summed E-state index contributed by atoms with van der Waals surface area (Å²) in [5, 5.41) is 0. The first-order chi connectivity index (χ1) is 12.8. The summed E-state index contributed by atoms with van der Waals surface area (Å²) in [5.74, 6) is 1.19. The molecular formula is C23H24O3. The van der Waals surface area contributed by atoms with Crippen LogP contribution >= 0.6 is 0 Å². The van der Waals surface area contributed by atoms with E-state index in [0.717, 1.165) is 17.4 Å². The van der Waals surface area contributed by atoms with Crippen LogP contribution in [0.4, 0.5) is 0 Å². The van der Waals surface area contributed by atoms with Gasteiger partial charge in [-0.2, -0.15) is 0 Å². The molecular weight excluding hydrogens is 324 g/mol. The van der Waals surface area contributed by atoms with E-state index in [-0.39, 0.29) is 0 Å². The van der Waals surface area contributed by atoms with Gasteiger partial charge in [-0.15, -0.1) is 0 Å².